The summed E-state index contributed by atoms with van der Waals surface area (Å²) in [5.74, 6) is 6.61. The monoisotopic (exact) mass is 323 g/mol. The number of hydrogen-bond donors (Lipinski definition) is 1. The first-order chi connectivity index (χ1) is 11.6. The molecule has 1 saturated heterocycles. The van der Waals surface area contributed by atoms with E-state index in [9.17, 15) is 4.79 Å². The van der Waals surface area contributed by atoms with Gasteiger partial charge in [-0.3, -0.25) is 9.47 Å². The molecule has 2 N–H and O–H groups in total. The smallest absolute Gasteiger partial charge is 0.196 e. The number of fused-ring (bicyclic) bond motifs is 1. The van der Waals surface area contributed by atoms with E-state index in [0.29, 0.717) is 17.0 Å². The molecule has 0 aliphatic carbocycles. The van der Waals surface area contributed by atoms with E-state index in [1.165, 1.54) is 18.1 Å². The van der Waals surface area contributed by atoms with E-state index in [1.54, 1.807) is 10.7 Å². The molecule has 124 valence electrons. The lowest BCUT2D eigenvalue weighted by Gasteiger charge is -2.28. The van der Waals surface area contributed by atoms with E-state index in [1.807, 2.05) is 24.4 Å². The second-order valence-electron chi connectivity index (χ2n) is 6.64. The van der Waals surface area contributed by atoms with Gasteiger partial charge in [-0.2, -0.15) is 0 Å². The second kappa shape index (κ2) is 5.83. The van der Waals surface area contributed by atoms with Crippen LogP contribution in [-0.4, -0.2) is 35.5 Å². The van der Waals surface area contributed by atoms with E-state index < -0.39 is 0 Å². The van der Waals surface area contributed by atoms with Crippen LogP contribution in [0.1, 0.15) is 40.2 Å². The van der Waals surface area contributed by atoms with E-state index in [0.717, 1.165) is 36.8 Å². The lowest BCUT2D eigenvalue weighted by molar-refractivity contribution is 0.103. The van der Waals surface area contributed by atoms with Crippen molar-refractivity contribution in [3.63, 3.8) is 0 Å². The van der Waals surface area contributed by atoms with Crippen LogP contribution in [0.2, 0.25) is 0 Å². The van der Waals surface area contributed by atoms with Crippen LogP contribution in [0.4, 0.5) is 0 Å². The highest BCUT2D eigenvalue weighted by molar-refractivity contribution is 6.10. The molecule has 4 rings (SSSR count). The Labute approximate surface area is 140 Å². The maximum absolute atomic E-state index is 12.6. The standard InChI is InChI=1S/C19H21N3O2/c1-21-7-4-13(5-8-21)17-11-22(20)18-3-2-14(10-16(17)18)19(23)15-6-9-24-12-15/h2-3,6,9-13H,4-5,7-8,20H2,1H3. The topological polar surface area (TPSA) is 64.4 Å². The Bertz CT molecular complexity index is 872. The van der Waals surface area contributed by atoms with Gasteiger partial charge in [-0.15, -0.1) is 0 Å². The molecule has 2 aromatic heterocycles. The molecule has 1 fully saturated rings. The summed E-state index contributed by atoms with van der Waals surface area (Å²) in [6.45, 7) is 2.19. The number of carbonyl (C=O) groups excluding carboxylic acids is 1. The van der Waals surface area contributed by atoms with Crippen LogP contribution in [0.25, 0.3) is 10.9 Å². The van der Waals surface area contributed by atoms with E-state index >= 15 is 0 Å². The molecule has 0 amide bonds. The zero-order valence-electron chi connectivity index (χ0n) is 13.7. The molecular formula is C19H21N3O2. The summed E-state index contributed by atoms with van der Waals surface area (Å²) in [4.78, 5) is 14.9. The fourth-order valence-corrected chi connectivity index (χ4v) is 3.63. The molecule has 24 heavy (non-hydrogen) atoms. The minimum Gasteiger partial charge on any atom is -0.472 e. The van der Waals surface area contributed by atoms with E-state index in [4.69, 9.17) is 10.3 Å². The van der Waals surface area contributed by atoms with Crippen molar-refractivity contribution in [2.75, 3.05) is 26.0 Å². The third-order valence-corrected chi connectivity index (χ3v) is 5.07. The van der Waals surface area contributed by atoms with Gasteiger partial charge in [0.05, 0.1) is 17.3 Å². The summed E-state index contributed by atoms with van der Waals surface area (Å²) in [6.07, 6.45) is 7.27. The Morgan fingerprint density at radius 2 is 2.00 bits per heavy atom. The number of nitrogens with two attached hydrogens (primary N) is 1. The highest BCUT2D eigenvalue weighted by Crippen LogP contribution is 2.34. The third kappa shape index (κ3) is 2.51. The van der Waals surface area contributed by atoms with Crippen molar-refractivity contribution < 1.29 is 9.21 Å². The average molecular weight is 323 g/mol. The molecular weight excluding hydrogens is 302 g/mol. The largest absolute Gasteiger partial charge is 0.472 e. The molecule has 0 unspecified atom stereocenters. The highest BCUT2D eigenvalue weighted by Gasteiger charge is 2.23. The van der Waals surface area contributed by atoms with Gasteiger partial charge in [-0.25, -0.2) is 0 Å². The molecule has 3 aromatic rings. The number of benzene rings is 1. The molecule has 1 aliphatic heterocycles. The summed E-state index contributed by atoms with van der Waals surface area (Å²) in [5, 5.41) is 1.08. The Morgan fingerprint density at radius 1 is 1.21 bits per heavy atom. The van der Waals surface area contributed by atoms with Gasteiger partial charge in [-0.1, -0.05) is 0 Å². The Kier molecular flexibility index (Phi) is 3.65. The molecule has 3 heterocycles. The molecule has 0 saturated carbocycles. The van der Waals surface area contributed by atoms with Gasteiger partial charge < -0.3 is 15.2 Å². The van der Waals surface area contributed by atoms with Crippen molar-refractivity contribution in [2.45, 2.75) is 18.8 Å². The predicted molar refractivity (Wildman–Crippen MR) is 93.7 cm³/mol. The number of rotatable bonds is 3. The molecule has 1 aromatic carbocycles. The van der Waals surface area contributed by atoms with Crippen molar-refractivity contribution in [2.24, 2.45) is 0 Å². The zero-order valence-corrected chi connectivity index (χ0v) is 13.7. The van der Waals surface area contributed by atoms with Crippen molar-refractivity contribution in [1.29, 1.82) is 0 Å². The van der Waals surface area contributed by atoms with E-state index in [2.05, 4.69) is 11.9 Å². The number of hydrogen-bond acceptors (Lipinski definition) is 4. The van der Waals surface area contributed by atoms with Crippen LogP contribution in [0.5, 0.6) is 0 Å². The van der Waals surface area contributed by atoms with Crippen molar-refractivity contribution >= 4 is 16.7 Å². The third-order valence-electron chi connectivity index (χ3n) is 5.07. The Morgan fingerprint density at radius 3 is 2.71 bits per heavy atom. The number of nitrogen functional groups attached to an aromatic ring is 1. The molecule has 0 bridgehead atoms. The molecule has 0 atom stereocenters. The number of ketones is 1. The highest BCUT2D eigenvalue weighted by atomic mass is 16.3. The van der Waals surface area contributed by atoms with Crippen LogP contribution < -0.4 is 5.84 Å². The zero-order chi connectivity index (χ0) is 16.7. The minimum absolute atomic E-state index is 0.0234. The number of piperidine rings is 1. The van der Waals surface area contributed by atoms with Crippen LogP contribution in [-0.2, 0) is 0 Å². The fourth-order valence-electron chi connectivity index (χ4n) is 3.63. The normalized spacial score (nSPS) is 16.7. The molecule has 1 aliphatic rings. The van der Waals surface area contributed by atoms with Gasteiger partial charge >= 0.3 is 0 Å². The van der Waals surface area contributed by atoms with Gasteiger partial charge in [-0.05, 0) is 68.7 Å². The summed E-state index contributed by atoms with van der Waals surface area (Å²) >= 11 is 0. The molecule has 5 heteroatoms. The van der Waals surface area contributed by atoms with E-state index in [-0.39, 0.29) is 5.78 Å². The van der Waals surface area contributed by atoms with Crippen molar-refractivity contribution in [3.8, 4) is 0 Å². The lowest BCUT2D eigenvalue weighted by Crippen LogP contribution is -2.29. The van der Waals surface area contributed by atoms with Crippen molar-refractivity contribution in [1.82, 2.24) is 9.58 Å². The Balaban J connectivity index is 1.75. The maximum atomic E-state index is 12.6. The number of nitrogens with zero attached hydrogens (tertiary/aromatic N) is 2. The van der Waals surface area contributed by atoms with Crippen LogP contribution >= 0.6 is 0 Å². The van der Waals surface area contributed by atoms with Gasteiger partial charge in [0, 0.05) is 17.1 Å². The maximum Gasteiger partial charge on any atom is 0.196 e. The SMILES string of the molecule is CN1CCC(c2cn(N)c3ccc(C(=O)c4ccoc4)cc23)CC1. The molecule has 0 spiro atoms. The molecule has 0 radical (unpaired) electrons. The van der Waals surface area contributed by atoms with Gasteiger partial charge in [0.1, 0.15) is 6.26 Å². The minimum atomic E-state index is -0.0234. The summed E-state index contributed by atoms with van der Waals surface area (Å²) in [5.41, 5.74) is 3.46. The number of likely N-dealkylation sites (tertiary alicyclic amines) is 1. The predicted octanol–water partition coefficient (Wildman–Crippen LogP) is 2.99. The van der Waals surface area contributed by atoms with Gasteiger partial charge in [0.25, 0.3) is 0 Å². The lowest BCUT2D eigenvalue weighted by atomic mass is 9.89. The van der Waals surface area contributed by atoms with Gasteiger partial charge in [0.2, 0.25) is 0 Å². The fraction of sp³-hybridized carbons (Fsp3) is 0.316. The van der Waals surface area contributed by atoms with Crippen LogP contribution in [0.3, 0.4) is 0 Å². The van der Waals surface area contributed by atoms with Crippen molar-refractivity contribution in [3.05, 3.63) is 59.7 Å². The number of furan rings is 1. The second-order valence-corrected chi connectivity index (χ2v) is 6.64. The number of aromatic nitrogens is 1. The first-order valence-electron chi connectivity index (χ1n) is 8.29. The quantitative estimate of drug-likeness (QED) is 0.594. The van der Waals surface area contributed by atoms with Crippen LogP contribution in [0.15, 0.2) is 47.4 Å². The Hall–Kier alpha value is -2.53. The van der Waals surface area contributed by atoms with Crippen LogP contribution in [0, 0.1) is 0 Å². The molecule has 5 nitrogen and oxygen atoms in total. The van der Waals surface area contributed by atoms with Gasteiger partial charge in [0.15, 0.2) is 5.78 Å². The summed E-state index contributed by atoms with van der Waals surface area (Å²) in [6, 6.07) is 7.43. The first-order valence-corrected chi connectivity index (χ1v) is 8.29. The first kappa shape index (κ1) is 15.0. The summed E-state index contributed by atoms with van der Waals surface area (Å²) in [7, 11) is 2.16. The average Bonchev–Trinajstić information content (AvgIpc) is 3.23. The number of carbonyl (C=O) groups is 1. The summed E-state index contributed by atoms with van der Waals surface area (Å²) < 4.78 is 6.70.